The lowest BCUT2D eigenvalue weighted by Crippen LogP contribution is -2.45. The number of rotatable bonds is 15. The molecule has 4 rings (SSSR count). The number of carbonyl (C=O) groups excluding carboxylic acids is 1. The Hall–Kier alpha value is -3.50. The van der Waals surface area contributed by atoms with Crippen molar-refractivity contribution in [1.29, 1.82) is 0 Å². The molecule has 3 atom stereocenters. The van der Waals surface area contributed by atoms with Gasteiger partial charge in [0.2, 0.25) is 12.7 Å². The van der Waals surface area contributed by atoms with Crippen LogP contribution in [0.1, 0.15) is 44.1 Å². The van der Waals surface area contributed by atoms with Crippen LogP contribution >= 0.6 is 0 Å². The number of carbonyl (C=O) groups is 2. The largest absolute Gasteiger partial charge is 0.493 e. The number of benzene rings is 2. The van der Waals surface area contributed by atoms with E-state index in [1.807, 2.05) is 52.3 Å². The molecule has 0 bridgehead atoms. The quantitative estimate of drug-likeness (QED) is 0.341. The van der Waals surface area contributed by atoms with Crippen LogP contribution in [-0.4, -0.2) is 86.1 Å². The van der Waals surface area contributed by atoms with Gasteiger partial charge in [-0.05, 0) is 55.6 Å². The number of hydrogen-bond acceptors (Lipinski definition) is 8. The highest BCUT2D eigenvalue weighted by atomic mass is 16.7. The van der Waals surface area contributed by atoms with Crippen molar-refractivity contribution in [2.75, 3.05) is 53.2 Å². The molecule has 2 heterocycles. The Kier molecular flexibility index (Phi) is 10.5. The van der Waals surface area contributed by atoms with Gasteiger partial charge in [-0.1, -0.05) is 31.5 Å². The molecule has 0 saturated carbocycles. The second-order valence-electron chi connectivity index (χ2n) is 10.2. The minimum Gasteiger partial charge on any atom is -0.493 e. The van der Waals surface area contributed by atoms with E-state index in [1.165, 1.54) is 0 Å². The SMILES string of the molecule is CCCCN(CCCN)C(=O)CN1C[C@H](c2ccc3c(c2)OCO3)C(C(=O)O)[C@@H]1CCOc1ccccc1OC. The van der Waals surface area contributed by atoms with Gasteiger partial charge in [-0.2, -0.15) is 0 Å². The van der Waals surface area contributed by atoms with Crippen molar-refractivity contribution in [3.63, 3.8) is 0 Å². The summed E-state index contributed by atoms with van der Waals surface area (Å²) in [5.41, 5.74) is 6.59. The summed E-state index contributed by atoms with van der Waals surface area (Å²) < 4.78 is 22.5. The van der Waals surface area contributed by atoms with Crippen molar-refractivity contribution in [2.45, 2.75) is 44.6 Å². The van der Waals surface area contributed by atoms with Crippen LogP contribution in [-0.2, 0) is 9.59 Å². The highest BCUT2D eigenvalue weighted by Crippen LogP contribution is 2.43. The maximum absolute atomic E-state index is 13.5. The van der Waals surface area contributed by atoms with Crippen molar-refractivity contribution < 1.29 is 33.6 Å². The van der Waals surface area contributed by atoms with Crippen molar-refractivity contribution >= 4 is 11.9 Å². The van der Waals surface area contributed by atoms with Crippen LogP contribution in [0, 0.1) is 5.92 Å². The van der Waals surface area contributed by atoms with Gasteiger partial charge >= 0.3 is 5.97 Å². The van der Waals surface area contributed by atoms with Gasteiger partial charge in [0.25, 0.3) is 0 Å². The molecule has 218 valence electrons. The number of nitrogens with two attached hydrogens (primary N) is 1. The molecular formula is C30H41N3O7. The Labute approximate surface area is 235 Å². The predicted molar refractivity (Wildman–Crippen MR) is 150 cm³/mol. The number of unbranched alkanes of at least 4 members (excludes halogenated alkanes) is 1. The van der Waals surface area contributed by atoms with E-state index in [0.717, 1.165) is 24.8 Å². The molecule has 0 spiro atoms. The number of nitrogens with zero attached hydrogens (tertiary/aromatic N) is 2. The van der Waals surface area contributed by atoms with Gasteiger partial charge in [0.1, 0.15) is 0 Å². The van der Waals surface area contributed by atoms with Gasteiger partial charge in [-0.25, -0.2) is 0 Å². The first kappa shape index (κ1) is 29.5. The Morgan fingerprint density at radius 1 is 1.10 bits per heavy atom. The number of aliphatic carboxylic acids is 1. The molecule has 0 aromatic heterocycles. The van der Waals surface area contributed by atoms with E-state index in [1.54, 1.807) is 7.11 Å². The lowest BCUT2D eigenvalue weighted by Gasteiger charge is -2.29. The predicted octanol–water partition coefficient (Wildman–Crippen LogP) is 3.34. The molecule has 3 N–H and O–H groups in total. The molecule has 10 heteroatoms. The third kappa shape index (κ3) is 6.98. The van der Waals surface area contributed by atoms with Gasteiger partial charge in [0.15, 0.2) is 23.0 Å². The third-order valence-electron chi connectivity index (χ3n) is 7.70. The van der Waals surface area contributed by atoms with E-state index in [-0.39, 0.29) is 31.8 Å². The van der Waals surface area contributed by atoms with Crippen molar-refractivity contribution in [2.24, 2.45) is 11.7 Å². The number of amides is 1. The highest BCUT2D eigenvalue weighted by Gasteiger charge is 2.47. The zero-order chi connectivity index (χ0) is 28.5. The summed E-state index contributed by atoms with van der Waals surface area (Å²) in [6.07, 6.45) is 3.04. The zero-order valence-electron chi connectivity index (χ0n) is 23.4. The summed E-state index contributed by atoms with van der Waals surface area (Å²) in [6, 6.07) is 12.5. The minimum atomic E-state index is -0.897. The Morgan fingerprint density at radius 3 is 2.58 bits per heavy atom. The van der Waals surface area contributed by atoms with Crippen LogP contribution in [0.2, 0.25) is 0 Å². The van der Waals surface area contributed by atoms with E-state index in [0.29, 0.717) is 55.6 Å². The monoisotopic (exact) mass is 555 g/mol. The van der Waals surface area contributed by atoms with Crippen molar-refractivity contribution in [3.8, 4) is 23.0 Å². The maximum Gasteiger partial charge on any atom is 0.308 e. The van der Waals surface area contributed by atoms with Gasteiger partial charge in [0.05, 0.1) is 26.2 Å². The van der Waals surface area contributed by atoms with Crippen molar-refractivity contribution in [1.82, 2.24) is 9.80 Å². The standard InChI is InChI=1S/C30H41N3O7/c1-3-4-14-32(15-7-13-31)28(34)19-33-18-22(21-10-11-26-27(17-21)40-20-39-26)29(30(35)36)23(33)12-16-38-25-9-6-5-8-24(25)37-2/h5-6,8-11,17,22-23,29H,3-4,7,12-16,18-20,31H2,1-2H3,(H,35,36)/t22-,23+,29?/m1/s1. The van der Waals surface area contributed by atoms with Crippen LogP contribution in [0.3, 0.4) is 0 Å². The van der Waals surface area contributed by atoms with Crippen LogP contribution in [0.4, 0.5) is 0 Å². The number of para-hydroxylation sites is 2. The molecule has 1 unspecified atom stereocenters. The molecule has 1 amide bonds. The first-order chi connectivity index (χ1) is 19.5. The summed E-state index contributed by atoms with van der Waals surface area (Å²) in [4.78, 5) is 30.2. The second kappa shape index (κ2) is 14.2. The second-order valence-corrected chi connectivity index (χ2v) is 10.2. The van der Waals surface area contributed by atoms with Crippen LogP contribution < -0.4 is 24.7 Å². The third-order valence-corrected chi connectivity index (χ3v) is 7.70. The van der Waals surface area contributed by atoms with Gasteiger partial charge in [-0.15, -0.1) is 0 Å². The summed E-state index contributed by atoms with van der Waals surface area (Å²) in [6.45, 7) is 4.86. The molecule has 0 radical (unpaired) electrons. The number of fused-ring (bicyclic) bond motifs is 1. The molecule has 2 aromatic carbocycles. The Balaban J connectivity index is 1.57. The smallest absolute Gasteiger partial charge is 0.308 e. The number of hydrogen-bond donors (Lipinski definition) is 2. The first-order valence-electron chi connectivity index (χ1n) is 14.1. The maximum atomic E-state index is 13.5. The highest BCUT2D eigenvalue weighted by molar-refractivity contribution is 5.79. The normalized spacial score (nSPS) is 19.9. The molecule has 2 aromatic rings. The van der Waals surface area contributed by atoms with E-state index in [4.69, 9.17) is 24.7 Å². The lowest BCUT2D eigenvalue weighted by atomic mass is 9.84. The fraction of sp³-hybridized carbons (Fsp3) is 0.533. The van der Waals surface area contributed by atoms with Gasteiger partial charge in [0, 0.05) is 31.6 Å². The lowest BCUT2D eigenvalue weighted by molar-refractivity contribution is -0.144. The number of carboxylic acids is 1. The van der Waals surface area contributed by atoms with E-state index in [9.17, 15) is 14.7 Å². The molecule has 2 aliphatic heterocycles. The molecule has 1 saturated heterocycles. The topological polar surface area (TPSA) is 124 Å². The number of ether oxygens (including phenoxy) is 4. The molecule has 40 heavy (non-hydrogen) atoms. The molecule has 1 fully saturated rings. The Morgan fingerprint density at radius 2 is 1.85 bits per heavy atom. The van der Waals surface area contributed by atoms with Crippen LogP contribution in [0.5, 0.6) is 23.0 Å². The Bertz CT molecular complexity index is 1140. The molecule has 10 nitrogen and oxygen atoms in total. The average molecular weight is 556 g/mol. The summed E-state index contributed by atoms with van der Waals surface area (Å²) in [5, 5.41) is 10.4. The first-order valence-corrected chi connectivity index (χ1v) is 14.1. The number of carboxylic acid groups (broad SMARTS) is 1. The fourth-order valence-corrected chi connectivity index (χ4v) is 5.63. The van der Waals surface area contributed by atoms with Gasteiger partial charge < -0.3 is 34.7 Å². The fourth-order valence-electron chi connectivity index (χ4n) is 5.63. The summed E-state index contributed by atoms with van der Waals surface area (Å²) >= 11 is 0. The summed E-state index contributed by atoms with van der Waals surface area (Å²) in [7, 11) is 1.58. The zero-order valence-corrected chi connectivity index (χ0v) is 23.4. The van der Waals surface area contributed by atoms with E-state index < -0.39 is 17.9 Å². The number of methoxy groups -OCH3 is 1. The van der Waals surface area contributed by atoms with Gasteiger partial charge in [-0.3, -0.25) is 14.5 Å². The molecule has 0 aliphatic carbocycles. The number of likely N-dealkylation sites (tertiary alicyclic amines) is 1. The average Bonchev–Trinajstić information content (AvgIpc) is 3.57. The van der Waals surface area contributed by atoms with Crippen molar-refractivity contribution in [3.05, 3.63) is 48.0 Å². The van der Waals surface area contributed by atoms with E-state index in [2.05, 4.69) is 6.92 Å². The summed E-state index contributed by atoms with van der Waals surface area (Å²) in [5.74, 6) is 0.497. The molecule has 2 aliphatic rings. The minimum absolute atomic E-state index is 0.00646. The van der Waals surface area contributed by atoms with Crippen LogP contribution in [0.15, 0.2) is 42.5 Å². The van der Waals surface area contributed by atoms with E-state index >= 15 is 0 Å². The van der Waals surface area contributed by atoms with Crippen LogP contribution in [0.25, 0.3) is 0 Å². The molecular weight excluding hydrogens is 514 g/mol.